The van der Waals surface area contributed by atoms with Crippen molar-refractivity contribution in [1.82, 2.24) is 5.32 Å². The van der Waals surface area contributed by atoms with Gasteiger partial charge in [0.2, 0.25) is 0 Å². The summed E-state index contributed by atoms with van der Waals surface area (Å²) < 4.78 is 1.24. The fourth-order valence-electron chi connectivity index (χ4n) is 2.47. The molecule has 0 fully saturated rings. The molecule has 0 radical (unpaired) electrons. The second kappa shape index (κ2) is 7.30. The van der Waals surface area contributed by atoms with Crippen LogP contribution in [-0.2, 0) is 5.41 Å². The van der Waals surface area contributed by atoms with E-state index in [0.717, 1.165) is 25.9 Å². The van der Waals surface area contributed by atoms with E-state index in [4.69, 9.17) is 0 Å². The van der Waals surface area contributed by atoms with Crippen LogP contribution >= 0.6 is 15.9 Å². The first-order valence-corrected chi connectivity index (χ1v) is 7.80. The molecular formula is C16H26BrN. The minimum Gasteiger partial charge on any atom is -0.316 e. The van der Waals surface area contributed by atoms with E-state index in [1.807, 2.05) is 0 Å². The number of hydrogen-bond acceptors (Lipinski definition) is 1. The zero-order valence-electron chi connectivity index (χ0n) is 12.1. The Morgan fingerprint density at radius 2 is 1.78 bits per heavy atom. The second-order valence-corrected chi connectivity index (χ2v) is 6.35. The minimum atomic E-state index is 0.245. The third-order valence-corrected chi connectivity index (χ3v) is 4.51. The lowest BCUT2D eigenvalue weighted by atomic mass is 9.75. The Morgan fingerprint density at radius 3 is 2.28 bits per heavy atom. The van der Waals surface area contributed by atoms with E-state index in [1.54, 1.807) is 0 Å². The van der Waals surface area contributed by atoms with Crippen LogP contribution in [0, 0.1) is 5.92 Å². The molecule has 0 aliphatic carbocycles. The van der Waals surface area contributed by atoms with Gasteiger partial charge in [0, 0.05) is 16.4 Å². The number of rotatable bonds is 7. The molecule has 0 aromatic heterocycles. The largest absolute Gasteiger partial charge is 0.316 e. The van der Waals surface area contributed by atoms with Crippen LogP contribution in [0.2, 0.25) is 0 Å². The lowest BCUT2D eigenvalue weighted by Crippen LogP contribution is -2.39. The monoisotopic (exact) mass is 311 g/mol. The van der Waals surface area contributed by atoms with Gasteiger partial charge < -0.3 is 5.32 Å². The van der Waals surface area contributed by atoms with Crippen LogP contribution in [0.3, 0.4) is 0 Å². The first kappa shape index (κ1) is 15.7. The van der Waals surface area contributed by atoms with E-state index in [0.29, 0.717) is 5.92 Å². The van der Waals surface area contributed by atoms with Crippen molar-refractivity contribution < 1.29 is 0 Å². The van der Waals surface area contributed by atoms with Crippen molar-refractivity contribution in [2.24, 2.45) is 5.92 Å². The zero-order chi connectivity index (χ0) is 13.6. The molecule has 0 saturated heterocycles. The molecule has 1 aromatic carbocycles. The summed E-state index contributed by atoms with van der Waals surface area (Å²) in [6.45, 7) is 11.2. The maximum absolute atomic E-state index is 3.71. The zero-order valence-corrected chi connectivity index (χ0v) is 13.7. The van der Waals surface area contributed by atoms with Crippen molar-refractivity contribution in [1.29, 1.82) is 0 Å². The van der Waals surface area contributed by atoms with E-state index >= 15 is 0 Å². The van der Waals surface area contributed by atoms with Gasteiger partial charge in [-0.05, 0) is 36.9 Å². The van der Waals surface area contributed by atoms with Crippen molar-refractivity contribution in [3.05, 3.63) is 34.3 Å². The summed E-state index contributed by atoms with van der Waals surface area (Å²) >= 11 is 3.71. The number of benzene rings is 1. The highest BCUT2D eigenvalue weighted by molar-refractivity contribution is 9.10. The van der Waals surface area contributed by atoms with Gasteiger partial charge in [0.1, 0.15) is 0 Å². The molecule has 1 rings (SSSR count). The van der Waals surface area contributed by atoms with Crippen molar-refractivity contribution in [3.8, 4) is 0 Å². The van der Waals surface area contributed by atoms with Crippen molar-refractivity contribution >= 4 is 15.9 Å². The van der Waals surface area contributed by atoms with Gasteiger partial charge in [-0.25, -0.2) is 0 Å². The van der Waals surface area contributed by atoms with Crippen LogP contribution in [0.4, 0.5) is 0 Å². The molecule has 0 spiro atoms. The first-order valence-electron chi connectivity index (χ1n) is 7.01. The molecule has 0 aliphatic heterocycles. The Labute approximate surface area is 120 Å². The molecule has 0 saturated carbocycles. The minimum absolute atomic E-state index is 0.245. The Kier molecular flexibility index (Phi) is 6.37. The highest BCUT2D eigenvalue weighted by atomic mass is 79.9. The third kappa shape index (κ3) is 3.83. The van der Waals surface area contributed by atoms with Crippen molar-refractivity contribution in [2.45, 2.75) is 46.0 Å². The summed E-state index contributed by atoms with van der Waals surface area (Å²) in [5, 5.41) is 3.63. The SMILES string of the molecule is CCC(CC)(CNCC(C)C)c1ccccc1Br. The van der Waals surface area contributed by atoms with Crippen molar-refractivity contribution in [3.63, 3.8) is 0 Å². The Balaban J connectivity index is 2.89. The standard InChI is InChI=1S/C16H26BrN/c1-5-16(6-2,12-18-11-13(3)4)14-9-7-8-10-15(14)17/h7-10,13,18H,5-6,11-12H2,1-4H3. The third-order valence-electron chi connectivity index (χ3n) is 3.81. The molecule has 0 bridgehead atoms. The quantitative estimate of drug-likeness (QED) is 0.766. The summed E-state index contributed by atoms with van der Waals surface area (Å²) in [6, 6.07) is 8.64. The van der Waals surface area contributed by atoms with E-state index in [-0.39, 0.29) is 5.41 Å². The first-order chi connectivity index (χ1) is 8.55. The van der Waals surface area contributed by atoms with Gasteiger partial charge >= 0.3 is 0 Å². The van der Waals surface area contributed by atoms with Crippen LogP contribution in [0.5, 0.6) is 0 Å². The van der Waals surface area contributed by atoms with Crippen LogP contribution in [0.25, 0.3) is 0 Å². The topological polar surface area (TPSA) is 12.0 Å². The molecule has 18 heavy (non-hydrogen) atoms. The molecule has 2 heteroatoms. The fraction of sp³-hybridized carbons (Fsp3) is 0.625. The molecular weight excluding hydrogens is 286 g/mol. The molecule has 0 unspecified atom stereocenters. The maximum atomic E-state index is 3.71. The van der Waals surface area contributed by atoms with Gasteiger partial charge in [-0.2, -0.15) is 0 Å². The van der Waals surface area contributed by atoms with E-state index < -0.39 is 0 Å². The van der Waals surface area contributed by atoms with Gasteiger partial charge in [0.05, 0.1) is 0 Å². The number of hydrogen-bond donors (Lipinski definition) is 1. The summed E-state index contributed by atoms with van der Waals surface area (Å²) in [7, 11) is 0. The van der Waals surface area contributed by atoms with Gasteiger partial charge in [0.15, 0.2) is 0 Å². The van der Waals surface area contributed by atoms with Crippen LogP contribution in [-0.4, -0.2) is 13.1 Å². The van der Waals surface area contributed by atoms with Gasteiger partial charge in [-0.15, -0.1) is 0 Å². The Morgan fingerprint density at radius 1 is 1.17 bits per heavy atom. The van der Waals surface area contributed by atoms with Gasteiger partial charge in [-0.1, -0.05) is 61.8 Å². The lowest BCUT2D eigenvalue weighted by molar-refractivity contribution is 0.357. The van der Waals surface area contributed by atoms with E-state index in [9.17, 15) is 0 Å². The summed E-state index contributed by atoms with van der Waals surface area (Å²) in [4.78, 5) is 0. The normalized spacial score (nSPS) is 12.1. The molecule has 0 heterocycles. The summed E-state index contributed by atoms with van der Waals surface area (Å²) in [5.74, 6) is 0.704. The summed E-state index contributed by atoms with van der Waals surface area (Å²) in [6.07, 6.45) is 2.33. The fourth-order valence-corrected chi connectivity index (χ4v) is 3.17. The van der Waals surface area contributed by atoms with E-state index in [2.05, 4.69) is 73.2 Å². The van der Waals surface area contributed by atoms with Gasteiger partial charge in [0.25, 0.3) is 0 Å². The molecule has 0 aliphatic rings. The van der Waals surface area contributed by atoms with Crippen LogP contribution in [0.1, 0.15) is 46.1 Å². The van der Waals surface area contributed by atoms with Gasteiger partial charge in [-0.3, -0.25) is 0 Å². The average Bonchev–Trinajstić information content (AvgIpc) is 2.36. The summed E-state index contributed by atoms with van der Waals surface area (Å²) in [5.41, 5.74) is 1.68. The molecule has 1 nitrogen and oxygen atoms in total. The predicted molar refractivity (Wildman–Crippen MR) is 84.1 cm³/mol. The molecule has 102 valence electrons. The highest BCUT2D eigenvalue weighted by Gasteiger charge is 2.29. The molecule has 0 atom stereocenters. The highest BCUT2D eigenvalue weighted by Crippen LogP contribution is 2.35. The maximum Gasteiger partial charge on any atom is 0.0213 e. The van der Waals surface area contributed by atoms with Crippen LogP contribution in [0.15, 0.2) is 28.7 Å². The molecule has 1 aromatic rings. The predicted octanol–water partition coefficient (Wildman–Crippen LogP) is 4.75. The smallest absolute Gasteiger partial charge is 0.0213 e. The Hall–Kier alpha value is -0.340. The van der Waals surface area contributed by atoms with E-state index in [1.165, 1.54) is 10.0 Å². The molecule has 1 N–H and O–H groups in total. The average molecular weight is 312 g/mol. The number of nitrogens with one attached hydrogen (secondary N) is 1. The molecule has 0 amide bonds. The van der Waals surface area contributed by atoms with Crippen LogP contribution < -0.4 is 5.32 Å². The second-order valence-electron chi connectivity index (χ2n) is 5.49. The number of halogens is 1. The van der Waals surface area contributed by atoms with Crippen molar-refractivity contribution in [2.75, 3.05) is 13.1 Å². The lowest BCUT2D eigenvalue weighted by Gasteiger charge is -2.34. The Bertz CT molecular complexity index is 356.